The normalized spacial score (nSPS) is 10.5. The van der Waals surface area contributed by atoms with Crippen LogP contribution in [0.5, 0.6) is 5.75 Å². The molecular weight excluding hydrogens is 330 g/mol. The highest BCUT2D eigenvalue weighted by Crippen LogP contribution is 2.27. The summed E-state index contributed by atoms with van der Waals surface area (Å²) in [4.78, 5) is 10.1. The Bertz CT molecular complexity index is 589. The highest BCUT2D eigenvalue weighted by atomic mass is 32.2. The van der Waals surface area contributed by atoms with Crippen LogP contribution in [0.15, 0.2) is 32.9 Å². The lowest BCUT2D eigenvalue weighted by molar-refractivity contribution is -0.384. The highest BCUT2D eigenvalue weighted by molar-refractivity contribution is 8.02. The van der Waals surface area contributed by atoms with Gasteiger partial charge >= 0.3 is 0 Å². The first-order valence-electron chi connectivity index (χ1n) is 6.06. The quantitative estimate of drug-likeness (QED) is 0.313. The van der Waals surface area contributed by atoms with Crippen molar-refractivity contribution in [2.75, 3.05) is 18.6 Å². The Hall–Kier alpha value is -1.32. The summed E-state index contributed by atoms with van der Waals surface area (Å²) in [5.74, 6) is 1.54. The van der Waals surface area contributed by atoms with Crippen molar-refractivity contribution in [3.8, 4) is 5.75 Å². The number of rotatable bonds is 8. The van der Waals surface area contributed by atoms with E-state index in [0.29, 0.717) is 12.4 Å². The van der Waals surface area contributed by atoms with Crippen molar-refractivity contribution >= 4 is 40.5 Å². The second-order valence-electron chi connectivity index (χ2n) is 3.84. The van der Waals surface area contributed by atoms with E-state index < -0.39 is 4.92 Å². The fourth-order valence-electron chi connectivity index (χ4n) is 1.41. The van der Waals surface area contributed by atoms with Crippen molar-refractivity contribution in [1.29, 1.82) is 0 Å². The third-order valence-corrected chi connectivity index (χ3v) is 5.51. The Morgan fingerprint density at radius 1 is 1.29 bits per heavy atom. The Morgan fingerprint density at radius 3 is 2.62 bits per heavy atom. The van der Waals surface area contributed by atoms with Crippen molar-refractivity contribution in [2.24, 2.45) is 0 Å². The van der Waals surface area contributed by atoms with Crippen LogP contribution in [0.25, 0.3) is 0 Å². The van der Waals surface area contributed by atoms with Gasteiger partial charge in [0.1, 0.15) is 5.75 Å². The van der Waals surface area contributed by atoms with Crippen molar-refractivity contribution in [3.05, 3.63) is 34.4 Å². The van der Waals surface area contributed by atoms with Gasteiger partial charge in [-0.2, -0.15) is 0 Å². The topological polar surface area (TPSA) is 78.2 Å². The molecule has 0 fully saturated rings. The third kappa shape index (κ3) is 5.18. The molecule has 21 heavy (non-hydrogen) atoms. The maximum absolute atomic E-state index is 10.5. The van der Waals surface area contributed by atoms with Crippen LogP contribution in [0.4, 0.5) is 5.69 Å². The average molecular weight is 343 g/mol. The number of nitro benzene ring substituents is 1. The summed E-state index contributed by atoms with van der Waals surface area (Å²) >= 11 is 4.84. The van der Waals surface area contributed by atoms with Gasteiger partial charge in [-0.3, -0.25) is 10.1 Å². The first-order chi connectivity index (χ1) is 10.2. The molecule has 0 radical (unpaired) electrons. The van der Waals surface area contributed by atoms with E-state index in [9.17, 15) is 10.1 Å². The molecule has 112 valence electrons. The molecule has 1 aromatic heterocycles. The fraction of sp³-hybridized carbons (Fsp3) is 0.333. The zero-order valence-corrected chi connectivity index (χ0v) is 13.7. The zero-order chi connectivity index (χ0) is 15.1. The molecule has 1 heterocycles. The summed E-state index contributed by atoms with van der Waals surface area (Å²) in [6.07, 6.45) is 2.85. The minimum Gasteiger partial charge on any atom is -0.494 e. The van der Waals surface area contributed by atoms with Crippen molar-refractivity contribution < 1.29 is 9.66 Å². The molecule has 0 aliphatic carbocycles. The first kappa shape index (κ1) is 16.1. The molecule has 0 spiro atoms. The van der Waals surface area contributed by atoms with E-state index in [1.807, 2.05) is 6.26 Å². The van der Waals surface area contributed by atoms with Gasteiger partial charge in [-0.15, -0.1) is 10.2 Å². The van der Waals surface area contributed by atoms with Gasteiger partial charge in [-0.25, -0.2) is 0 Å². The van der Waals surface area contributed by atoms with Crippen LogP contribution >= 0.6 is 34.9 Å². The minimum absolute atomic E-state index is 0.0683. The van der Waals surface area contributed by atoms with Gasteiger partial charge in [-0.05, 0) is 24.8 Å². The summed E-state index contributed by atoms with van der Waals surface area (Å²) < 4.78 is 7.47. The number of aromatic nitrogens is 2. The number of hydrogen-bond donors (Lipinski definition) is 0. The smallest absolute Gasteiger partial charge is 0.269 e. The molecule has 2 aromatic rings. The Balaban J connectivity index is 1.66. The van der Waals surface area contributed by atoms with Gasteiger partial charge in [0.15, 0.2) is 8.68 Å². The van der Waals surface area contributed by atoms with Gasteiger partial charge in [0, 0.05) is 17.9 Å². The van der Waals surface area contributed by atoms with E-state index in [1.54, 1.807) is 47.0 Å². The number of nitrogens with zero attached hydrogens (tertiary/aromatic N) is 3. The van der Waals surface area contributed by atoms with Crippen LogP contribution in [-0.4, -0.2) is 33.7 Å². The van der Waals surface area contributed by atoms with Gasteiger partial charge < -0.3 is 4.74 Å². The third-order valence-electron chi connectivity index (χ3n) is 2.39. The Kier molecular flexibility index (Phi) is 6.27. The standard InChI is InChI=1S/C12H13N3O3S3/c1-19-11-13-14-12(21-11)20-8-2-7-18-10-5-3-9(4-6-10)15(16)17/h3-6H,2,7-8H2,1H3. The summed E-state index contributed by atoms with van der Waals surface area (Å²) in [6, 6.07) is 6.10. The number of benzene rings is 1. The average Bonchev–Trinajstić information content (AvgIpc) is 2.95. The number of nitro groups is 1. The number of non-ortho nitro benzene ring substituents is 1. The molecule has 0 amide bonds. The second-order valence-corrected chi connectivity index (χ2v) is 7.21. The largest absolute Gasteiger partial charge is 0.494 e. The summed E-state index contributed by atoms with van der Waals surface area (Å²) in [6.45, 7) is 0.568. The molecule has 0 saturated heterocycles. The molecule has 0 atom stereocenters. The lowest BCUT2D eigenvalue weighted by atomic mass is 10.3. The molecule has 0 N–H and O–H groups in total. The van der Waals surface area contributed by atoms with Crippen LogP contribution in [0.2, 0.25) is 0 Å². The molecule has 0 aliphatic rings. The fourth-order valence-corrected chi connectivity index (χ4v) is 3.83. The molecule has 1 aromatic carbocycles. The molecule has 2 rings (SSSR count). The van der Waals surface area contributed by atoms with Crippen LogP contribution in [0.3, 0.4) is 0 Å². The SMILES string of the molecule is CSc1nnc(SCCCOc2ccc([N+](=O)[O-])cc2)s1. The lowest BCUT2D eigenvalue weighted by Crippen LogP contribution is -1.98. The van der Waals surface area contributed by atoms with Crippen LogP contribution < -0.4 is 4.74 Å². The van der Waals surface area contributed by atoms with E-state index in [2.05, 4.69) is 10.2 Å². The molecule has 0 unspecified atom stereocenters. The zero-order valence-electron chi connectivity index (χ0n) is 11.2. The number of ether oxygens (including phenoxy) is 1. The van der Waals surface area contributed by atoms with E-state index in [0.717, 1.165) is 20.9 Å². The Labute approximate surface area is 134 Å². The molecule has 0 aliphatic heterocycles. The Morgan fingerprint density at radius 2 is 2.00 bits per heavy atom. The second kappa shape index (κ2) is 8.20. The molecule has 0 bridgehead atoms. The van der Waals surface area contributed by atoms with Crippen LogP contribution in [0, 0.1) is 10.1 Å². The van der Waals surface area contributed by atoms with E-state index in [1.165, 1.54) is 12.1 Å². The summed E-state index contributed by atoms with van der Waals surface area (Å²) in [5.41, 5.74) is 0.0683. The minimum atomic E-state index is -0.425. The maximum Gasteiger partial charge on any atom is 0.269 e. The van der Waals surface area contributed by atoms with Gasteiger partial charge in [-0.1, -0.05) is 34.9 Å². The van der Waals surface area contributed by atoms with Crippen LogP contribution in [0.1, 0.15) is 6.42 Å². The van der Waals surface area contributed by atoms with E-state index in [-0.39, 0.29) is 5.69 Å². The van der Waals surface area contributed by atoms with Crippen LogP contribution in [-0.2, 0) is 0 Å². The van der Waals surface area contributed by atoms with Crippen molar-refractivity contribution in [3.63, 3.8) is 0 Å². The molecular formula is C12H13N3O3S3. The van der Waals surface area contributed by atoms with Gasteiger partial charge in [0.2, 0.25) is 0 Å². The summed E-state index contributed by atoms with van der Waals surface area (Å²) in [7, 11) is 0. The molecule has 0 saturated carbocycles. The van der Waals surface area contributed by atoms with Gasteiger partial charge in [0.05, 0.1) is 11.5 Å². The van der Waals surface area contributed by atoms with E-state index >= 15 is 0 Å². The molecule has 6 nitrogen and oxygen atoms in total. The van der Waals surface area contributed by atoms with E-state index in [4.69, 9.17) is 4.74 Å². The molecule has 9 heteroatoms. The predicted molar refractivity (Wildman–Crippen MR) is 85.6 cm³/mol. The highest BCUT2D eigenvalue weighted by Gasteiger charge is 2.05. The van der Waals surface area contributed by atoms with Gasteiger partial charge in [0.25, 0.3) is 5.69 Å². The predicted octanol–water partition coefficient (Wildman–Crippen LogP) is 3.73. The lowest BCUT2D eigenvalue weighted by Gasteiger charge is -2.04. The monoisotopic (exact) mass is 343 g/mol. The summed E-state index contributed by atoms with van der Waals surface area (Å²) in [5, 5.41) is 18.6. The maximum atomic E-state index is 10.5. The van der Waals surface area contributed by atoms with Crippen molar-refractivity contribution in [1.82, 2.24) is 10.2 Å². The number of hydrogen-bond acceptors (Lipinski definition) is 8. The first-order valence-corrected chi connectivity index (χ1v) is 9.09. The number of thioether (sulfide) groups is 2. The van der Waals surface area contributed by atoms with Crippen molar-refractivity contribution in [2.45, 2.75) is 15.1 Å².